The highest BCUT2D eigenvalue weighted by Gasteiger charge is 2.46. The molecule has 214 valence electrons. The molecule has 0 saturated carbocycles. The highest BCUT2D eigenvalue weighted by Crippen LogP contribution is 2.32. The van der Waals surface area contributed by atoms with Crippen LogP contribution in [0.15, 0.2) is 66.7 Å². The number of methoxy groups -OCH3 is 3. The lowest BCUT2D eigenvalue weighted by atomic mass is 10.1. The molecule has 4 rings (SSSR count). The third-order valence-corrected chi connectivity index (χ3v) is 6.51. The van der Waals surface area contributed by atoms with Gasteiger partial charge in [0.25, 0.3) is 5.91 Å². The molecule has 0 aromatic heterocycles. The second-order valence-electron chi connectivity index (χ2n) is 9.04. The number of esters is 1. The number of imide groups is 1. The number of ether oxygens (including phenoxy) is 4. The Labute approximate surface area is 237 Å². The minimum Gasteiger partial charge on any atom is -0.497 e. The van der Waals surface area contributed by atoms with Crippen molar-refractivity contribution in [3.05, 3.63) is 77.9 Å². The Hall–Kier alpha value is -5.06. The van der Waals surface area contributed by atoms with E-state index in [4.69, 9.17) is 18.9 Å². The van der Waals surface area contributed by atoms with E-state index in [0.717, 1.165) is 4.90 Å². The molecule has 11 nitrogen and oxygen atoms in total. The van der Waals surface area contributed by atoms with Crippen LogP contribution in [0.3, 0.4) is 0 Å². The van der Waals surface area contributed by atoms with Crippen LogP contribution in [-0.2, 0) is 20.9 Å². The van der Waals surface area contributed by atoms with Gasteiger partial charge in [0, 0.05) is 12.2 Å². The van der Waals surface area contributed by atoms with Gasteiger partial charge in [-0.2, -0.15) is 0 Å². The maximum atomic E-state index is 13.6. The molecule has 1 aliphatic heterocycles. The minimum absolute atomic E-state index is 0.0454. The third kappa shape index (κ3) is 6.40. The highest BCUT2D eigenvalue weighted by molar-refractivity contribution is 6.22. The summed E-state index contributed by atoms with van der Waals surface area (Å²) >= 11 is 0. The fourth-order valence-corrected chi connectivity index (χ4v) is 4.45. The van der Waals surface area contributed by atoms with Crippen molar-refractivity contribution in [2.24, 2.45) is 0 Å². The van der Waals surface area contributed by atoms with E-state index >= 15 is 0 Å². The SMILES string of the molecule is CCOC(=O)c1ccc(NC(=O)C[C@@H]2C(=O)N(c3ccc(OC)cc3)C(=O)N2Cc2ccc(OC)c(OC)c2)cc1. The average molecular weight is 562 g/mol. The molecular weight excluding hydrogens is 530 g/mol. The third-order valence-electron chi connectivity index (χ3n) is 6.51. The van der Waals surface area contributed by atoms with Gasteiger partial charge >= 0.3 is 12.0 Å². The largest absolute Gasteiger partial charge is 0.497 e. The predicted octanol–water partition coefficient (Wildman–Crippen LogP) is 4.26. The maximum Gasteiger partial charge on any atom is 0.338 e. The van der Waals surface area contributed by atoms with Gasteiger partial charge in [-0.25, -0.2) is 14.5 Å². The maximum absolute atomic E-state index is 13.6. The molecular formula is C30H31N3O8. The van der Waals surface area contributed by atoms with Crippen molar-refractivity contribution in [1.82, 2.24) is 4.90 Å². The van der Waals surface area contributed by atoms with E-state index in [1.54, 1.807) is 61.5 Å². The van der Waals surface area contributed by atoms with Gasteiger partial charge < -0.3 is 29.2 Å². The van der Waals surface area contributed by atoms with E-state index in [1.807, 2.05) is 0 Å². The summed E-state index contributed by atoms with van der Waals surface area (Å²) in [6.07, 6.45) is -0.288. The van der Waals surface area contributed by atoms with Gasteiger partial charge in [0.1, 0.15) is 11.8 Å². The van der Waals surface area contributed by atoms with Gasteiger partial charge in [-0.15, -0.1) is 0 Å². The summed E-state index contributed by atoms with van der Waals surface area (Å²) in [5.74, 6) is 0.0764. The second-order valence-corrected chi connectivity index (χ2v) is 9.04. The van der Waals surface area contributed by atoms with Crippen LogP contribution in [0.1, 0.15) is 29.3 Å². The van der Waals surface area contributed by atoms with Crippen molar-refractivity contribution in [2.45, 2.75) is 25.9 Å². The van der Waals surface area contributed by atoms with Crippen molar-refractivity contribution in [1.29, 1.82) is 0 Å². The molecule has 1 heterocycles. The Morgan fingerprint density at radius 2 is 1.54 bits per heavy atom. The van der Waals surface area contributed by atoms with E-state index in [1.165, 1.54) is 38.4 Å². The lowest BCUT2D eigenvalue weighted by Gasteiger charge is -2.22. The van der Waals surface area contributed by atoms with Gasteiger partial charge in [0.15, 0.2) is 11.5 Å². The van der Waals surface area contributed by atoms with Gasteiger partial charge in [0.2, 0.25) is 5.91 Å². The molecule has 0 bridgehead atoms. The summed E-state index contributed by atoms with van der Waals surface area (Å²) in [5, 5.41) is 2.74. The number of hydrogen-bond acceptors (Lipinski definition) is 8. The Bertz CT molecular complexity index is 1420. The van der Waals surface area contributed by atoms with E-state index < -0.39 is 29.9 Å². The van der Waals surface area contributed by atoms with Crippen LogP contribution < -0.4 is 24.4 Å². The Kier molecular flexibility index (Phi) is 9.08. The summed E-state index contributed by atoms with van der Waals surface area (Å²) in [5.41, 5.74) is 1.81. The van der Waals surface area contributed by atoms with E-state index in [2.05, 4.69) is 5.32 Å². The summed E-state index contributed by atoms with van der Waals surface area (Å²) in [6, 6.07) is 16.3. The first-order valence-electron chi connectivity index (χ1n) is 12.9. The lowest BCUT2D eigenvalue weighted by Crippen LogP contribution is -2.37. The average Bonchev–Trinajstić information content (AvgIpc) is 3.21. The Balaban J connectivity index is 1.58. The zero-order chi connectivity index (χ0) is 29.5. The number of carbonyl (C=O) groups is 4. The zero-order valence-electron chi connectivity index (χ0n) is 23.2. The molecule has 1 fully saturated rings. The first kappa shape index (κ1) is 28.9. The molecule has 1 aliphatic rings. The van der Waals surface area contributed by atoms with E-state index in [9.17, 15) is 19.2 Å². The molecule has 0 aliphatic carbocycles. The smallest absolute Gasteiger partial charge is 0.338 e. The second kappa shape index (κ2) is 12.9. The number of amides is 4. The highest BCUT2D eigenvalue weighted by atomic mass is 16.5. The molecule has 11 heteroatoms. The normalized spacial score (nSPS) is 14.6. The van der Waals surface area contributed by atoms with Gasteiger partial charge in [-0.05, 0) is 73.2 Å². The first-order valence-corrected chi connectivity index (χ1v) is 12.9. The van der Waals surface area contributed by atoms with Gasteiger partial charge in [-0.3, -0.25) is 9.59 Å². The molecule has 3 aromatic rings. The van der Waals surface area contributed by atoms with Crippen molar-refractivity contribution in [3.63, 3.8) is 0 Å². The van der Waals surface area contributed by atoms with Gasteiger partial charge in [-0.1, -0.05) is 6.07 Å². The minimum atomic E-state index is -1.07. The molecule has 41 heavy (non-hydrogen) atoms. The number of rotatable bonds is 11. The number of urea groups is 1. The summed E-state index contributed by atoms with van der Waals surface area (Å²) in [6.45, 7) is 2.01. The van der Waals surface area contributed by atoms with Gasteiger partial charge in [0.05, 0.1) is 45.6 Å². The Morgan fingerprint density at radius 1 is 0.854 bits per heavy atom. The topological polar surface area (TPSA) is 124 Å². The molecule has 4 amide bonds. The molecule has 3 aromatic carbocycles. The fourth-order valence-electron chi connectivity index (χ4n) is 4.45. The number of anilines is 2. The van der Waals surface area contributed by atoms with Crippen LogP contribution in [0.2, 0.25) is 0 Å². The number of nitrogens with zero attached hydrogens (tertiary/aromatic N) is 2. The zero-order valence-corrected chi connectivity index (χ0v) is 23.2. The number of nitrogens with one attached hydrogen (secondary N) is 1. The summed E-state index contributed by atoms with van der Waals surface area (Å²) < 4.78 is 20.9. The molecule has 1 N–H and O–H groups in total. The summed E-state index contributed by atoms with van der Waals surface area (Å²) in [4.78, 5) is 54.7. The standard InChI is InChI=1S/C30H31N3O8/c1-5-41-29(36)20-7-9-21(10-8-20)31-27(34)17-24-28(35)33(22-11-13-23(38-2)14-12-22)30(37)32(24)18-19-6-15-25(39-3)26(16-19)40-4/h6-16,24H,5,17-18H2,1-4H3,(H,31,34)/t24-/m1/s1. The van der Waals surface area contributed by atoms with Crippen LogP contribution in [0.25, 0.3) is 0 Å². The van der Waals surface area contributed by atoms with Crippen molar-refractivity contribution in [2.75, 3.05) is 38.2 Å². The predicted molar refractivity (Wildman–Crippen MR) is 150 cm³/mol. The van der Waals surface area contributed by atoms with Crippen molar-refractivity contribution < 1.29 is 38.1 Å². The van der Waals surface area contributed by atoms with Crippen molar-refractivity contribution in [3.8, 4) is 17.2 Å². The van der Waals surface area contributed by atoms with Crippen LogP contribution >= 0.6 is 0 Å². The van der Waals surface area contributed by atoms with Crippen LogP contribution in [0.5, 0.6) is 17.2 Å². The Morgan fingerprint density at radius 3 is 2.15 bits per heavy atom. The fraction of sp³-hybridized carbons (Fsp3) is 0.267. The summed E-state index contributed by atoms with van der Waals surface area (Å²) in [7, 11) is 4.54. The molecule has 0 unspecified atom stereocenters. The first-order chi connectivity index (χ1) is 19.8. The van der Waals surface area contributed by atoms with Crippen molar-refractivity contribution >= 4 is 35.2 Å². The number of carbonyl (C=O) groups excluding carboxylic acids is 4. The number of hydrogen-bond donors (Lipinski definition) is 1. The van der Waals surface area contributed by atoms with Crippen LogP contribution in [-0.4, -0.2) is 62.7 Å². The van der Waals surface area contributed by atoms with E-state index in [0.29, 0.717) is 39.8 Å². The molecule has 1 saturated heterocycles. The quantitative estimate of drug-likeness (QED) is 0.272. The lowest BCUT2D eigenvalue weighted by molar-refractivity contribution is -0.124. The van der Waals surface area contributed by atoms with Crippen LogP contribution in [0.4, 0.5) is 16.2 Å². The molecule has 1 atom stereocenters. The number of benzene rings is 3. The monoisotopic (exact) mass is 561 g/mol. The van der Waals surface area contributed by atoms with Crippen LogP contribution in [0, 0.1) is 0 Å². The molecule has 0 radical (unpaired) electrons. The molecule has 0 spiro atoms. The van der Waals surface area contributed by atoms with E-state index in [-0.39, 0.29) is 19.6 Å².